The van der Waals surface area contributed by atoms with Gasteiger partial charge in [-0.25, -0.2) is 0 Å². The molecule has 1 saturated heterocycles. The summed E-state index contributed by atoms with van der Waals surface area (Å²) in [4.78, 5) is 14.8. The molecular formula is C23H21F2N3O3. The van der Waals surface area contributed by atoms with Gasteiger partial charge in [0, 0.05) is 38.4 Å². The molecule has 0 bridgehead atoms. The zero-order valence-corrected chi connectivity index (χ0v) is 16.9. The molecule has 1 fully saturated rings. The lowest BCUT2D eigenvalue weighted by molar-refractivity contribution is -0.0498. The summed E-state index contributed by atoms with van der Waals surface area (Å²) in [6, 6.07) is 15.8. The van der Waals surface area contributed by atoms with Crippen molar-refractivity contribution in [3.63, 3.8) is 0 Å². The summed E-state index contributed by atoms with van der Waals surface area (Å²) in [5.74, 6) is 0.663. The number of nitriles is 1. The number of alkyl halides is 2. The number of hydrogen-bond acceptors (Lipinski definition) is 5. The predicted octanol–water partition coefficient (Wildman–Crippen LogP) is 4.06. The van der Waals surface area contributed by atoms with E-state index in [1.807, 2.05) is 24.3 Å². The SMILES string of the molecule is Cn1c(=O)c(C#N)c(N2CCC(Oc3ccc(OC(F)F)cc3)CC2)c2ccccc21. The van der Waals surface area contributed by atoms with E-state index in [1.165, 1.54) is 16.7 Å². The van der Waals surface area contributed by atoms with Crippen LogP contribution in [0.1, 0.15) is 18.4 Å². The number of piperidine rings is 1. The van der Waals surface area contributed by atoms with Gasteiger partial charge in [-0.05, 0) is 30.3 Å². The summed E-state index contributed by atoms with van der Waals surface area (Å²) in [5.41, 5.74) is 1.30. The minimum atomic E-state index is -2.86. The summed E-state index contributed by atoms with van der Waals surface area (Å²) >= 11 is 0. The van der Waals surface area contributed by atoms with Crippen LogP contribution in [0.2, 0.25) is 0 Å². The number of hydrogen-bond donors (Lipinski definition) is 0. The van der Waals surface area contributed by atoms with E-state index in [0.717, 1.165) is 10.9 Å². The van der Waals surface area contributed by atoms with Crippen LogP contribution in [0.5, 0.6) is 11.5 Å². The summed E-state index contributed by atoms with van der Waals surface area (Å²) in [6.07, 6.45) is 1.34. The first-order valence-corrected chi connectivity index (χ1v) is 9.96. The third kappa shape index (κ3) is 4.17. The van der Waals surface area contributed by atoms with Crippen LogP contribution in [-0.4, -0.2) is 30.4 Å². The largest absolute Gasteiger partial charge is 0.490 e. The van der Waals surface area contributed by atoms with Gasteiger partial charge in [-0.2, -0.15) is 14.0 Å². The van der Waals surface area contributed by atoms with Crippen LogP contribution in [0.15, 0.2) is 53.3 Å². The molecule has 0 unspecified atom stereocenters. The van der Waals surface area contributed by atoms with Crippen molar-refractivity contribution in [2.75, 3.05) is 18.0 Å². The van der Waals surface area contributed by atoms with E-state index in [1.54, 1.807) is 19.2 Å². The third-order valence-electron chi connectivity index (χ3n) is 5.50. The van der Waals surface area contributed by atoms with Crippen molar-refractivity contribution in [3.05, 3.63) is 64.4 Å². The number of ether oxygens (including phenoxy) is 2. The highest BCUT2D eigenvalue weighted by Gasteiger charge is 2.26. The van der Waals surface area contributed by atoms with Gasteiger partial charge >= 0.3 is 6.61 Å². The Balaban J connectivity index is 1.51. The molecule has 160 valence electrons. The van der Waals surface area contributed by atoms with Crippen LogP contribution in [0.25, 0.3) is 10.9 Å². The molecule has 1 aromatic heterocycles. The first-order chi connectivity index (χ1) is 15.0. The molecule has 31 heavy (non-hydrogen) atoms. The van der Waals surface area contributed by atoms with Gasteiger partial charge in [-0.1, -0.05) is 18.2 Å². The van der Waals surface area contributed by atoms with Crippen molar-refractivity contribution in [2.24, 2.45) is 7.05 Å². The molecule has 0 saturated carbocycles. The van der Waals surface area contributed by atoms with Gasteiger partial charge < -0.3 is 18.9 Å². The van der Waals surface area contributed by atoms with E-state index in [9.17, 15) is 18.8 Å². The van der Waals surface area contributed by atoms with E-state index in [0.29, 0.717) is 37.4 Å². The molecular weight excluding hydrogens is 404 g/mol. The number of fused-ring (bicyclic) bond motifs is 1. The standard InChI is InChI=1S/C23H21F2N3O3/c1-27-20-5-3-2-4-18(20)21(19(14-26)22(27)29)28-12-10-17(11-13-28)30-15-6-8-16(9-7-15)31-23(24)25/h2-9,17,23H,10-13H2,1H3. The third-order valence-corrected chi connectivity index (χ3v) is 5.50. The van der Waals surface area contributed by atoms with Crippen LogP contribution < -0.4 is 19.9 Å². The van der Waals surface area contributed by atoms with Crippen molar-refractivity contribution in [1.82, 2.24) is 4.57 Å². The van der Waals surface area contributed by atoms with E-state index in [2.05, 4.69) is 15.7 Å². The molecule has 0 atom stereocenters. The average molecular weight is 425 g/mol. The minimum absolute atomic E-state index is 0.0542. The molecule has 1 aliphatic rings. The van der Waals surface area contributed by atoms with Crippen LogP contribution in [0, 0.1) is 11.3 Å². The van der Waals surface area contributed by atoms with Crippen LogP contribution in [0.3, 0.4) is 0 Å². The summed E-state index contributed by atoms with van der Waals surface area (Å²) in [7, 11) is 1.67. The van der Waals surface area contributed by atoms with E-state index >= 15 is 0 Å². The second-order valence-corrected chi connectivity index (χ2v) is 7.37. The molecule has 3 aromatic rings. The second kappa shape index (κ2) is 8.64. The Morgan fingerprint density at radius 1 is 1.06 bits per heavy atom. The second-order valence-electron chi connectivity index (χ2n) is 7.37. The Morgan fingerprint density at radius 2 is 1.71 bits per heavy atom. The van der Waals surface area contributed by atoms with E-state index < -0.39 is 6.61 Å². The van der Waals surface area contributed by atoms with Gasteiger partial charge in [0.1, 0.15) is 29.2 Å². The summed E-state index contributed by atoms with van der Waals surface area (Å²) < 4.78 is 36.4. The van der Waals surface area contributed by atoms with Gasteiger partial charge in [0.05, 0.1) is 11.2 Å². The number of nitrogens with zero attached hydrogens (tertiary/aromatic N) is 3. The van der Waals surface area contributed by atoms with Crippen molar-refractivity contribution in [1.29, 1.82) is 5.26 Å². The molecule has 6 nitrogen and oxygen atoms in total. The number of halogens is 2. The zero-order valence-electron chi connectivity index (χ0n) is 16.9. The monoisotopic (exact) mass is 425 g/mol. The molecule has 0 radical (unpaired) electrons. The lowest BCUT2D eigenvalue weighted by Gasteiger charge is -2.35. The Labute approximate surface area is 177 Å². The fourth-order valence-corrected chi connectivity index (χ4v) is 4.00. The van der Waals surface area contributed by atoms with Crippen molar-refractivity contribution in [3.8, 4) is 17.6 Å². The Bertz CT molecular complexity index is 1180. The Kier molecular flexibility index (Phi) is 5.76. The van der Waals surface area contributed by atoms with Crippen molar-refractivity contribution < 1.29 is 18.3 Å². The molecule has 0 amide bonds. The smallest absolute Gasteiger partial charge is 0.387 e. The predicted molar refractivity (Wildman–Crippen MR) is 113 cm³/mol. The first-order valence-electron chi connectivity index (χ1n) is 9.96. The quantitative estimate of drug-likeness (QED) is 0.617. The first kappa shape index (κ1) is 20.7. The highest BCUT2D eigenvalue weighted by molar-refractivity contribution is 5.94. The van der Waals surface area contributed by atoms with E-state index in [-0.39, 0.29) is 23.0 Å². The summed E-state index contributed by atoms with van der Waals surface area (Å²) in [5, 5.41) is 10.5. The molecule has 0 aliphatic carbocycles. The molecule has 8 heteroatoms. The number of rotatable bonds is 5. The maximum absolute atomic E-state index is 12.7. The normalized spacial score (nSPS) is 14.6. The highest BCUT2D eigenvalue weighted by atomic mass is 19.3. The minimum Gasteiger partial charge on any atom is -0.490 e. The summed E-state index contributed by atoms with van der Waals surface area (Å²) in [6.45, 7) is -1.60. The number of para-hydroxylation sites is 1. The highest BCUT2D eigenvalue weighted by Crippen LogP contribution is 2.31. The topological polar surface area (TPSA) is 67.5 Å². The van der Waals surface area contributed by atoms with Gasteiger partial charge in [0.25, 0.3) is 5.56 Å². The average Bonchev–Trinajstić information content (AvgIpc) is 2.78. The molecule has 0 spiro atoms. The van der Waals surface area contributed by atoms with Crippen molar-refractivity contribution >= 4 is 16.6 Å². The van der Waals surface area contributed by atoms with Gasteiger partial charge in [-0.3, -0.25) is 4.79 Å². The van der Waals surface area contributed by atoms with Gasteiger partial charge in [0.15, 0.2) is 0 Å². The maximum Gasteiger partial charge on any atom is 0.387 e. The molecule has 2 heterocycles. The van der Waals surface area contributed by atoms with Crippen LogP contribution >= 0.6 is 0 Å². The van der Waals surface area contributed by atoms with E-state index in [4.69, 9.17) is 4.74 Å². The molecule has 4 rings (SSSR count). The van der Waals surface area contributed by atoms with Crippen molar-refractivity contribution in [2.45, 2.75) is 25.6 Å². The Hall–Kier alpha value is -3.60. The van der Waals surface area contributed by atoms with Gasteiger partial charge in [0.2, 0.25) is 0 Å². The van der Waals surface area contributed by atoms with Gasteiger partial charge in [-0.15, -0.1) is 0 Å². The number of benzene rings is 2. The molecule has 2 aromatic carbocycles. The fourth-order valence-electron chi connectivity index (χ4n) is 4.00. The lowest BCUT2D eigenvalue weighted by atomic mass is 10.0. The Morgan fingerprint density at radius 3 is 2.35 bits per heavy atom. The van der Waals surface area contributed by atoms with Crippen LogP contribution in [0.4, 0.5) is 14.5 Å². The number of pyridine rings is 1. The lowest BCUT2D eigenvalue weighted by Crippen LogP contribution is -2.40. The fraction of sp³-hybridized carbons (Fsp3) is 0.304. The maximum atomic E-state index is 12.7. The number of aromatic nitrogens is 1. The zero-order chi connectivity index (χ0) is 22.0. The van der Waals surface area contributed by atoms with Crippen LogP contribution in [-0.2, 0) is 7.05 Å². The number of anilines is 1. The number of aryl methyl sites for hydroxylation is 1. The molecule has 0 N–H and O–H groups in total. The molecule has 1 aliphatic heterocycles.